The summed E-state index contributed by atoms with van der Waals surface area (Å²) in [6, 6.07) is 16.8. The van der Waals surface area contributed by atoms with E-state index in [1.807, 2.05) is 80.5 Å². The van der Waals surface area contributed by atoms with Crippen LogP contribution in [0.1, 0.15) is 24.5 Å². The van der Waals surface area contributed by atoms with Gasteiger partial charge in [0, 0.05) is 19.8 Å². The molecule has 0 atom stereocenters. The van der Waals surface area contributed by atoms with E-state index in [0.29, 0.717) is 17.8 Å². The number of nitrogens with one attached hydrogen (secondary N) is 1. The number of aromatic nitrogens is 2. The van der Waals surface area contributed by atoms with E-state index in [4.69, 9.17) is 0 Å². The Morgan fingerprint density at radius 2 is 1.83 bits per heavy atom. The third kappa shape index (κ3) is 4.45. The van der Waals surface area contributed by atoms with Crippen LogP contribution in [0.25, 0.3) is 0 Å². The number of benzene rings is 2. The van der Waals surface area contributed by atoms with Crippen molar-refractivity contribution >= 4 is 17.1 Å². The van der Waals surface area contributed by atoms with Crippen LogP contribution < -0.4 is 16.1 Å². The maximum Gasteiger partial charge on any atom is 0.331 e. The van der Waals surface area contributed by atoms with E-state index in [1.165, 1.54) is 0 Å². The maximum absolute atomic E-state index is 12.5. The zero-order valence-corrected chi connectivity index (χ0v) is 16.7. The molecule has 0 saturated heterocycles. The van der Waals surface area contributed by atoms with Crippen molar-refractivity contribution < 1.29 is 5.11 Å². The Hall–Kier alpha value is -3.61. The van der Waals surface area contributed by atoms with Crippen LogP contribution in [-0.4, -0.2) is 34.5 Å². The number of aromatic hydroxyl groups is 1. The summed E-state index contributed by atoms with van der Waals surface area (Å²) in [4.78, 5) is 33.7. The molecule has 1 heterocycles. The van der Waals surface area contributed by atoms with E-state index in [-0.39, 0.29) is 18.0 Å². The topological polar surface area (TPSA) is 90.7 Å². The molecule has 0 unspecified atom stereocenters. The van der Waals surface area contributed by atoms with Crippen LogP contribution in [0.4, 0.5) is 11.4 Å². The summed E-state index contributed by atoms with van der Waals surface area (Å²) >= 11 is 0. The molecule has 0 aliphatic rings. The van der Waals surface area contributed by atoms with Gasteiger partial charge in [0.05, 0.1) is 17.9 Å². The molecule has 29 heavy (non-hydrogen) atoms. The highest BCUT2D eigenvalue weighted by Gasteiger charge is 2.18. The first-order valence-corrected chi connectivity index (χ1v) is 9.36. The Kier molecular flexibility index (Phi) is 5.97. The lowest BCUT2D eigenvalue weighted by Crippen LogP contribution is -2.34. The monoisotopic (exact) mass is 392 g/mol. The Bertz CT molecular complexity index is 1140. The van der Waals surface area contributed by atoms with E-state index < -0.39 is 11.2 Å². The fourth-order valence-electron chi connectivity index (χ4n) is 3.04. The first-order valence-electron chi connectivity index (χ1n) is 9.36. The number of aliphatic imine (C=N–C) groups is 1. The average molecular weight is 392 g/mol. The minimum absolute atomic E-state index is 0.0123. The van der Waals surface area contributed by atoms with Gasteiger partial charge in [0.1, 0.15) is 5.56 Å². The second-order valence-electron chi connectivity index (χ2n) is 6.86. The van der Waals surface area contributed by atoms with E-state index >= 15 is 0 Å². The van der Waals surface area contributed by atoms with Crippen molar-refractivity contribution in [2.24, 2.45) is 4.99 Å². The lowest BCUT2D eigenvalue weighted by molar-refractivity contribution is 0.408. The van der Waals surface area contributed by atoms with Gasteiger partial charge in [-0.15, -0.1) is 0 Å². The second-order valence-corrected chi connectivity index (χ2v) is 6.86. The largest absolute Gasteiger partial charge is 0.494 e. The molecule has 2 N–H and O–H groups in total. The minimum Gasteiger partial charge on any atom is -0.494 e. The molecule has 0 saturated carbocycles. The van der Waals surface area contributed by atoms with Crippen molar-refractivity contribution in [2.45, 2.75) is 19.9 Å². The summed E-state index contributed by atoms with van der Waals surface area (Å²) in [7, 11) is 3.86. The number of rotatable bonds is 6. The predicted octanol–water partition coefficient (Wildman–Crippen LogP) is 2.89. The van der Waals surface area contributed by atoms with Gasteiger partial charge in [-0.1, -0.05) is 43.3 Å². The molecule has 150 valence electrons. The zero-order chi connectivity index (χ0) is 21.0. The molecule has 7 nitrogen and oxygen atoms in total. The lowest BCUT2D eigenvalue weighted by Gasteiger charge is -2.14. The molecule has 7 heteroatoms. The predicted molar refractivity (Wildman–Crippen MR) is 116 cm³/mol. The van der Waals surface area contributed by atoms with Gasteiger partial charge < -0.3 is 10.0 Å². The fourth-order valence-corrected chi connectivity index (χ4v) is 3.04. The van der Waals surface area contributed by atoms with Crippen LogP contribution in [0.15, 0.2) is 69.2 Å². The molecule has 0 aliphatic heterocycles. The quantitative estimate of drug-likeness (QED) is 0.631. The van der Waals surface area contributed by atoms with Crippen molar-refractivity contribution in [1.29, 1.82) is 0 Å². The summed E-state index contributed by atoms with van der Waals surface area (Å²) in [5.41, 5.74) is 1.56. The third-order valence-corrected chi connectivity index (χ3v) is 4.59. The summed E-state index contributed by atoms with van der Waals surface area (Å²) in [5, 5.41) is 10.8. The molecule has 0 fully saturated rings. The van der Waals surface area contributed by atoms with Crippen LogP contribution in [0.3, 0.4) is 0 Å². The van der Waals surface area contributed by atoms with Crippen LogP contribution in [0.2, 0.25) is 0 Å². The molecule has 0 amide bonds. The second kappa shape index (κ2) is 8.60. The summed E-state index contributed by atoms with van der Waals surface area (Å²) in [5.74, 6) is -0.382. The number of H-pyrrole nitrogens is 1. The molecule has 0 radical (unpaired) electrons. The van der Waals surface area contributed by atoms with E-state index in [2.05, 4.69) is 9.98 Å². The Morgan fingerprint density at radius 1 is 1.10 bits per heavy atom. The number of hydrogen-bond acceptors (Lipinski definition) is 5. The molecule has 0 bridgehead atoms. The number of anilines is 1. The lowest BCUT2D eigenvalue weighted by atomic mass is 10.1. The van der Waals surface area contributed by atoms with Crippen molar-refractivity contribution in [3.8, 4) is 5.88 Å². The highest BCUT2D eigenvalue weighted by molar-refractivity contribution is 6.03. The Balaban J connectivity index is 2.11. The number of nitrogens with zero attached hydrogens (tertiary/aromatic N) is 3. The molecule has 3 rings (SSSR count). The SMILES string of the molecule is CCC(=Nc1cccc(N(C)C)c1)c1c(O)n(Cc2ccccc2)c(=O)[nH]c1=O. The first kappa shape index (κ1) is 20.1. The molecule has 2 aromatic carbocycles. The summed E-state index contributed by atoms with van der Waals surface area (Å²) in [6.45, 7) is 1.99. The molecule has 0 spiro atoms. The Labute approximate surface area is 168 Å². The maximum atomic E-state index is 12.5. The van der Waals surface area contributed by atoms with Crippen LogP contribution in [0, 0.1) is 0 Å². The van der Waals surface area contributed by atoms with Crippen LogP contribution in [0.5, 0.6) is 5.88 Å². The van der Waals surface area contributed by atoms with Gasteiger partial charge in [0.15, 0.2) is 0 Å². The minimum atomic E-state index is -0.662. The molecule has 3 aromatic rings. The average Bonchev–Trinajstić information content (AvgIpc) is 2.71. The third-order valence-electron chi connectivity index (χ3n) is 4.59. The van der Waals surface area contributed by atoms with Gasteiger partial charge in [-0.2, -0.15) is 0 Å². The summed E-state index contributed by atoms with van der Waals surface area (Å²) in [6.07, 6.45) is 0.409. The van der Waals surface area contributed by atoms with Crippen molar-refractivity contribution in [1.82, 2.24) is 9.55 Å². The normalized spacial score (nSPS) is 11.5. The smallest absolute Gasteiger partial charge is 0.331 e. The van der Waals surface area contributed by atoms with Crippen molar-refractivity contribution in [2.75, 3.05) is 19.0 Å². The highest BCUT2D eigenvalue weighted by atomic mass is 16.3. The van der Waals surface area contributed by atoms with Crippen LogP contribution >= 0.6 is 0 Å². The Morgan fingerprint density at radius 3 is 2.48 bits per heavy atom. The van der Waals surface area contributed by atoms with Crippen LogP contribution in [-0.2, 0) is 6.54 Å². The fraction of sp³-hybridized carbons (Fsp3) is 0.227. The molecular weight excluding hydrogens is 368 g/mol. The zero-order valence-electron chi connectivity index (χ0n) is 16.7. The van der Waals surface area contributed by atoms with Gasteiger partial charge in [-0.05, 0) is 30.2 Å². The van der Waals surface area contributed by atoms with Gasteiger partial charge in [0.25, 0.3) is 5.56 Å². The van der Waals surface area contributed by atoms with E-state index in [0.717, 1.165) is 15.8 Å². The molecule has 0 aliphatic carbocycles. The molecule has 1 aromatic heterocycles. The van der Waals surface area contributed by atoms with Gasteiger partial charge in [-0.3, -0.25) is 19.3 Å². The highest BCUT2D eigenvalue weighted by Crippen LogP contribution is 2.23. The van der Waals surface area contributed by atoms with E-state index in [9.17, 15) is 14.7 Å². The first-order chi connectivity index (χ1) is 13.9. The number of aromatic amines is 1. The summed E-state index contributed by atoms with van der Waals surface area (Å²) < 4.78 is 1.15. The van der Waals surface area contributed by atoms with Gasteiger partial charge in [-0.25, -0.2) is 4.79 Å². The van der Waals surface area contributed by atoms with E-state index in [1.54, 1.807) is 0 Å². The van der Waals surface area contributed by atoms with Gasteiger partial charge >= 0.3 is 5.69 Å². The van der Waals surface area contributed by atoms with Crippen molar-refractivity contribution in [3.05, 3.63) is 86.6 Å². The molecular formula is C22H24N4O3. The standard InChI is InChI=1S/C22H24N4O3/c1-4-18(23-16-11-8-12-17(13-16)25(2)3)19-20(27)24-22(29)26(21(19)28)14-15-9-6-5-7-10-15/h5-13,28H,4,14H2,1-3H3,(H,24,27,29). The number of hydrogen-bond donors (Lipinski definition) is 2. The van der Waals surface area contributed by atoms with Crippen molar-refractivity contribution in [3.63, 3.8) is 0 Å². The van der Waals surface area contributed by atoms with Gasteiger partial charge in [0.2, 0.25) is 5.88 Å².